The molecule has 0 unspecified atom stereocenters. The number of carbonyl (C=O) groups excluding carboxylic acids is 1. The van der Waals surface area contributed by atoms with Gasteiger partial charge in [0.25, 0.3) is 0 Å². The molecule has 0 atom stereocenters. The first-order chi connectivity index (χ1) is 4.39. The highest BCUT2D eigenvalue weighted by Crippen LogP contribution is 2.16. The van der Waals surface area contributed by atoms with E-state index < -0.39 is 0 Å². The van der Waals surface area contributed by atoms with Crippen molar-refractivity contribution in [3.05, 3.63) is 0 Å². The van der Waals surface area contributed by atoms with Crippen molar-refractivity contribution in [2.45, 2.75) is 38.2 Å². The first kappa shape index (κ1) is 8.63. The molecule has 0 aromatic heterocycles. The van der Waals surface area contributed by atoms with E-state index in [2.05, 4.69) is 0 Å². The summed E-state index contributed by atoms with van der Waals surface area (Å²) in [5.41, 5.74) is 0. The zero-order valence-electron chi connectivity index (χ0n) is 5.68. The van der Waals surface area contributed by atoms with Crippen molar-refractivity contribution in [3.63, 3.8) is 0 Å². The van der Waals surface area contributed by atoms with Crippen LogP contribution in [0.4, 0.5) is 0 Å². The third kappa shape index (κ3) is 4.15. The van der Waals surface area contributed by atoms with Crippen molar-refractivity contribution < 1.29 is 9.90 Å². The predicted octanol–water partition coefficient (Wildman–Crippen LogP) is 1.13. The summed E-state index contributed by atoms with van der Waals surface area (Å²) in [4.78, 5) is 8.00. The number of aliphatic hydroxyl groups is 1. The van der Waals surface area contributed by atoms with Crippen LogP contribution in [0.1, 0.15) is 32.1 Å². The van der Waals surface area contributed by atoms with E-state index in [4.69, 9.17) is 9.90 Å². The molecule has 1 rings (SSSR count). The van der Waals surface area contributed by atoms with Gasteiger partial charge in [-0.2, -0.15) is 0 Å². The van der Waals surface area contributed by atoms with Crippen molar-refractivity contribution in [1.29, 1.82) is 0 Å². The summed E-state index contributed by atoms with van der Waals surface area (Å²) in [7, 11) is 0. The Hall–Kier alpha value is -0.370. The smallest absolute Gasteiger partial charge is 0.106 e. The summed E-state index contributed by atoms with van der Waals surface area (Å²) < 4.78 is 0. The highest BCUT2D eigenvalue weighted by atomic mass is 16.3. The molecular weight excluding hydrogens is 116 g/mol. The predicted molar refractivity (Wildman–Crippen MR) is 36.2 cm³/mol. The van der Waals surface area contributed by atoms with Crippen LogP contribution in [-0.4, -0.2) is 18.0 Å². The van der Waals surface area contributed by atoms with Crippen molar-refractivity contribution >= 4 is 6.79 Å². The number of hydrogen-bond donors (Lipinski definition) is 1. The highest BCUT2D eigenvalue weighted by molar-refractivity contribution is 5.10. The Labute approximate surface area is 55.9 Å². The maximum atomic E-state index is 8.91. The second-order valence-electron chi connectivity index (χ2n) is 2.29. The van der Waals surface area contributed by atoms with Crippen molar-refractivity contribution in [2.24, 2.45) is 0 Å². The normalized spacial score (nSPS) is 20.1. The van der Waals surface area contributed by atoms with Gasteiger partial charge in [0.2, 0.25) is 0 Å². The second-order valence-corrected chi connectivity index (χ2v) is 2.29. The van der Waals surface area contributed by atoms with Crippen molar-refractivity contribution in [3.8, 4) is 0 Å². The molecule has 0 heterocycles. The standard InChI is InChI=1S/C6H12O.CH2O/c7-6-4-2-1-3-5-6;1-2/h6-7H,1-5H2;1H2. The average Bonchev–Trinajstić information content (AvgIpc) is 1.94. The van der Waals surface area contributed by atoms with E-state index in [1.54, 1.807) is 0 Å². The second kappa shape index (κ2) is 5.76. The maximum Gasteiger partial charge on any atom is 0.106 e. The molecule has 2 heteroatoms. The van der Waals surface area contributed by atoms with E-state index in [1.807, 2.05) is 6.79 Å². The highest BCUT2D eigenvalue weighted by Gasteiger charge is 2.07. The van der Waals surface area contributed by atoms with E-state index in [9.17, 15) is 0 Å². The average molecular weight is 130 g/mol. The monoisotopic (exact) mass is 130 g/mol. The lowest BCUT2D eigenvalue weighted by Gasteiger charge is -2.14. The molecule has 1 saturated carbocycles. The molecule has 2 nitrogen and oxygen atoms in total. The molecule has 0 bridgehead atoms. The number of hydrogen-bond acceptors (Lipinski definition) is 2. The molecule has 0 spiro atoms. The van der Waals surface area contributed by atoms with Gasteiger partial charge in [-0.05, 0) is 12.8 Å². The minimum Gasteiger partial charge on any atom is -0.393 e. The third-order valence-electron chi connectivity index (χ3n) is 1.57. The zero-order valence-corrected chi connectivity index (χ0v) is 5.68. The van der Waals surface area contributed by atoms with Gasteiger partial charge in [-0.3, -0.25) is 0 Å². The fourth-order valence-electron chi connectivity index (χ4n) is 1.08. The quantitative estimate of drug-likeness (QED) is 0.533. The zero-order chi connectivity index (χ0) is 7.11. The maximum absolute atomic E-state index is 8.91. The lowest BCUT2D eigenvalue weighted by molar-refractivity contribution is -0.0979. The van der Waals surface area contributed by atoms with Gasteiger partial charge in [-0.1, -0.05) is 19.3 Å². The molecule has 0 aromatic carbocycles. The van der Waals surface area contributed by atoms with Gasteiger partial charge in [0, 0.05) is 0 Å². The Morgan fingerprint density at radius 2 is 1.56 bits per heavy atom. The van der Waals surface area contributed by atoms with Crippen molar-refractivity contribution in [1.82, 2.24) is 0 Å². The van der Waals surface area contributed by atoms with Crippen LogP contribution in [0.2, 0.25) is 0 Å². The van der Waals surface area contributed by atoms with Crippen LogP contribution >= 0.6 is 0 Å². The van der Waals surface area contributed by atoms with Gasteiger partial charge in [0.05, 0.1) is 6.10 Å². The molecule has 1 aliphatic carbocycles. The third-order valence-corrected chi connectivity index (χ3v) is 1.57. The summed E-state index contributed by atoms with van der Waals surface area (Å²) in [6.45, 7) is 2.00. The van der Waals surface area contributed by atoms with Crippen LogP contribution in [0.15, 0.2) is 0 Å². The number of rotatable bonds is 0. The Balaban J connectivity index is 0.000000291. The molecule has 0 amide bonds. The number of aliphatic hydroxyl groups excluding tert-OH is 1. The van der Waals surface area contributed by atoms with Crippen LogP contribution in [0.25, 0.3) is 0 Å². The SMILES string of the molecule is C=O.OC1CCCCC1. The molecular formula is C7H14O2. The molecule has 1 aliphatic rings. The van der Waals surface area contributed by atoms with Crippen molar-refractivity contribution in [2.75, 3.05) is 0 Å². The van der Waals surface area contributed by atoms with Gasteiger partial charge in [-0.25, -0.2) is 0 Å². The van der Waals surface area contributed by atoms with Crippen LogP contribution < -0.4 is 0 Å². The molecule has 54 valence electrons. The fraction of sp³-hybridized carbons (Fsp3) is 0.857. The van der Waals surface area contributed by atoms with Gasteiger partial charge in [-0.15, -0.1) is 0 Å². The number of carbonyl (C=O) groups is 1. The van der Waals surface area contributed by atoms with E-state index in [0.29, 0.717) is 0 Å². The Morgan fingerprint density at radius 3 is 1.78 bits per heavy atom. The first-order valence-corrected chi connectivity index (χ1v) is 3.36. The molecule has 0 aliphatic heterocycles. The summed E-state index contributed by atoms with van der Waals surface area (Å²) in [6, 6.07) is 0. The lowest BCUT2D eigenvalue weighted by Crippen LogP contribution is -2.09. The van der Waals surface area contributed by atoms with Crippen LogP contribution in [-0.2, 0) is 4.79 Å². The molecule has 1 N–H and O–H groups in total. The first-order valence-electron chi connectivity index (χ1n) is 3.36. The van der Waals surface area contributed by atoms with E-state index >= 15 is 0 Å². The van der Waals surface area contributed by atoms with E-state index in [1.165, 1.54) is 19.3 Å². The molecule has 0 radical (unpaired) electrons. The van der Waals surface area contributed by atoms with Gasteiger partial charge in [0.15, 0.2) is 0 Å². The van der Waals surface area contributed by atoms with Gasteiger partial charge >= 0.3 is 0 Å². The molecule has 0 aromatic rings. The van der Waals surface area contributed by atoms with Gasteiger partial charge < -0.3 is 9.90 Å². The van der Waals surface area contributed by atoms with E-state index in [-0.39, 0.29) is 6.10 Å². The fourth-order valence-corrected chi connectivity index (χ4v) is 1.08. The summed E-state index contributed by atoms with van der Waals surface area (Å²) in [6.07, 6.45) is 5.92. The Morgan fingerprint density at radius 1 is 1.11 bits per heavy atom. The lowest BCUT2D eigenvalue weighted by atomic mass is 9.98. The minimum absolute atomic E-state index is 0.0359. The van der Waals surface area contributed by atoms with Crippen LogP contribution in [0.3, 0.4) is 0 Å². The Kier molecular flexibility index (Phi) is 5.52. The Bertz CT molecular complexity index is 57.9. The largest absolute Gasteiger partial charge is 0.393 e. The molecule has 0 saturated heterocycles. The summed E-state index contributed by atoms with van der Waals surface area (Å²) in [5.74, 6) is 0. The molecule has 1 fully saturated rings. The van der Waals surface area contributed by atoms with Crippen LogP contribution in [0, 0.1) is 0 Å². The van der Waals surface area contributed by atoms with E-state index in [0.717, 1.165) is 12.8 Å². The van der Waals surface area contributed by atoms with Crippen LogP contribution in [0.5, 0.6) is 0 Å². The summed E-state index contributed by atoms with van der Waals surface area (Å²) >= 11 is 0. The molecule has 9 heavy (non-hydrogen) atoms. The van der Waals surface area contributed by atoms with Gasteiger partial charge in [0.1, 0.15) is 6.79 Å². The topological polar surface area (TPSA) is 37.3 Å². The minimum atomic E-state index is 0.0359. The summed E-state index contributed by atoms with van der Waals surface area (Å²) in [5, 5.41) is 8.91.